The molecule has 0 bridgehead atoms. The highest BCUT2D eigenvalue weighted by atomic mass is 32.1. The molecule has 0 aliphatic rings. The van der Waals surface area contributed by atoms with Crippen LogP contribution in [0.2, 0.25) is 0 Å². The summed E-state index contributed by atoms with van der Waals surface area (Å²) in [4.78, 5) is 4.21. The minimum atomic E-state index is 0.368. The number of fused-ring (bicyclic) bond motifs is 1. The van der Waals surface area contributed by atoms with Gasteiger partial charge in [-0.1, -0.05) is 0 Å². The van der Waals surface area contributed by atoms with Gasteiger partial charge in [0.05, 0.1) is 16.5 Å². The predicted octanol–water partition coefficient (Wildman–Crippen LogP) is 3.05. The second-order valence-corrected chi connectivity index (χ2v) is 4.43. The molecule has 0 radical (unpaired) electrons. The molecule has 2 N–H and O–H groups in total. The highest BCUT2D eigenvalue weighted by molar-refractivity contribution is 7.16. The number of aromatic nitrogens is 1. The average molecular weight is 246 g/mol. The standard InChI is InChI=1S/C12H10N2O2S/c13-11-9(16-6-8-2-1-5-15-8)3-4-10-12(11)14-7-17-10/h1-5,7H,6,13H2. The van der Waals surface area contributed by atoms with Gasteiger partial charge in [-0.2, -0.15) is 0 Å². The van der Waals surface area contributed by atoms with Gasteiger partial charge in [0.25, 0.3) is 0 Å². The maximum atomic E-state index is 5.99. The van der Waals surface area contributed by atoms with Crippen molar-refractivity contribution in [3.8, 4) is 5.75 Å². The lowest BCUT2D eigenvalue weighted by molar-refractivity contribution is 0.272. The Kier molecular flexibility index (Phi) is 2.45. The van der Waals surface area contributed by atoms with Crippen molar-refractivity contribution in [2.24, 2.45) is 0 Å². The SMILES string of the molecule is Nc1c(OCc2ccco2)ccc2scnc12. The topological polar surface area (TPSA) is 61.3 Å². The van der Waals surface area contributed by atoms with Crippen LogP contribution in [0.4, 0.5) is 5.69 Å². The molecule has 0 amide bonds. The third kappa shape index (κ3) is 1.85. The molecule has 2 heterocycles. The lowest BCUT2D eigenvalue weighted by Crippen LogP contribution is -1.98. The van der Waals surface area contributed by atoms with Gasteiger partial charge in [-0.3, -0.25) is 0 Å². The number of thiazole rings is 1. The molecular formula is C12H10N2O2S. The average Bonchev–Trinajstić information content (AvgIpc) is 2.99. The second kappa shape index (κ2) is 4.10. The van der Waals surface area contributed by atoms with E-state index in [0.717, 1.165) is 16.0 Å². The molecule has 86 valence electrons. The van der Waals surface area contributed by atoms with Crippen molar-refractivity contribution in [3.05, 3.63) is 41.8 Å². The maximum absolute atomic E-state index is 5.99. The van der Waals surface area contributed by atoms with Crippen LogP contribution in [-0.2, 0) is 6.61 Å². The van der Waals surface area contributed by atoms with E-state index in [1.807, 2.05) is 24.3 Å². The quantitative estimate of drug-likeness (QED) is 0.721. The van der Waals surface area contributed by atoms with Crippen molar-refractivity contribution < 1.29 is 9.15 Å². The molecule has 3 rings (SSSR count). The first-order valence-corrected chi connectivity index (χ1v) is 5.99. The first kappa shape index (κ1) is 10.2. The summed E-state index contributed by atoms with van der Waals surface area (Å²) in [5, 5.41) is 0. The third-order valence-electron chi connectivity index (χ3n) is 2.45. The Balaban J connectivity index is 1.87. The van der Waals surface area contributed by atoms with Crippen LogP contribution in [0.3, 0.4) is 0 Å². The Hall–Kier alpha value is -2.01. The van der Waals surface area contributed by atoms with Crippen molar-refractivity contribution in [2.75, 3.05) is 5.73 Å². The molecule has 1 aromatic carbocycles. The molecule has 5 heteroatoms. The fourth-order valence-corrected chi connectivity index (χ4v) is 2.30. The first-order chi connectivity index (χ1) is 8.34. The van der Waals surface area contributed by atoms with Gasteiger partial charge in [0, 0.05) is 0 Å². The van der Waals surface area contributed by atoms with Gasteiger partial charge in [0.15, 0.2) is 0 Å². The number of hydrogen-bond acceptors (Lipinski definition) is 5. The number of nitrogen functional groups attached to an aromatic ring is 1. The number of nitrogens with two attached hydrogens (primary N) is 1. The zero-order chi connectivity index (χ0) is 11.7. The van der Waals surface area contributed by atoms with Crippen molar-refractivity contribution >= 4 is 27.2 Å². The van der Waals surface area contributed by atoms with Gasteiger partial charge < -0.3 is 14.9 Å². The van der Waals surface area contributed by atoms with Crippen LogP contribution in [-0.4, -0.2) is 4.98 Å². The Morgan fingerprint density at radius 1 is 1.35 bits per heavy atom. The smallest absolute Gasteiger partial charge is 0.146 e. The molecule has 4 nitrogen and oxygen atoms in total. The first-order valence-electron chi connectivity index (χ1n) is 5.11. The Labute approximate surface area is 102 Å². The van der Waals surface area contributed by atoms with Crippen molar-refractivity contribution in [3.63, 3.8) is 0 Å². The number of ether oxygens (including phenoxy) is 1. The van der Waals surface area contributed by atoms with E-state index < -0.39 is 0 Å². The van der Waals surface area contributed by atoms with E-state index in [0.29, 0.717) is 18.0 Å². The largest absolute Gasteiger partial charge is 0.483 e. The molecule has 0 atom stereocenters. The minimum Gasteiger partial charge on any atom is -0.483 e. The molecule has 0 aliphatic heterocycles. The fourth-order valence-electron chi connectivity index (χ4n) is 1.60. The zero-order valence-corrected chi connectivity index (χ0v) is 9.74. The highest BCUT2D eigenvalue weighted by Crippen LogP contribution is 2.32. The summed E-state index contributed by atoms with van der Waals surface area (Å²) in [6.45, 7) is 0.368. The molecular weight excluding hydrogens is 236 g/mol. The van der Waals surface area contributed by atoms with Crippen molar-refractivity contribution in [1.29, 1.82) is 0 Å². The third-order valence-corrected chi connectivity index (χ3v) is 3.25. The molecule has 2 aromatic heterocycles. The Bertz CT molecular complexity index is 631. The number of nitrogens with zero attached hydrogens (tertiary/aromatic N) is 1. The molecule has 0 fully saturated rings. The fraction of sp³-hybridized carbons (Fsp3) is 0.0833. The van der Waals surface area contributed by atoms with Gasteiger partial charge in [-0.05, 0) is 24.3 Å². The van der Waals surface area contributed by atoms with Gasteiger partial charge in [-0.15, -0.1) is 11.3 Å². The van der Waals surface area contributed by atoms with Crippen LogP contribution in [0.1, 0.15) is 5.76 Å². The van der Waals surface area contributed by atoms with Crippen LogP contribution in [0, 0.1) is 0 Å². The van der Waals surface area contributed by atoms with Gasteiger partial charge >= 0.3 is 0 Å². The lowest BCUT2D eigenvalue weighted by atomic mass is 10.2. The second-order valence-electron chi connectivity index (χ2n) is 3.54. The van der Waals surface area contributed by atoms with Gasteiger partial charge in [-0.25, -0.2) is 4.98 Å². The minimum absolute atomic E-state index is 0.368. The number of anilines is 1. The summed E-state index contributed by atoms with van der Waals surface area (Å²) in [6, 6.07) is 7.50. The van der Waals surface area contributed by atoms with Crippen LogP contribution in [0.5, 0.6) is 5.75 Å². The summed E-state index contributed by atoms with van der Waals surface area (Å²) < 4.78 is 11.9. The Morgan fingerprint density at radius 2 is 2.29 bits per heavy atom. The normalized spacial score (nSPS) is 10.8. The van der Waals surface area contributed by atoms with Gasteiger partial charge in [0.2, 0.25) is 0 Å². The van der Waals surface area contributed by atoms with E-state index in [4.69, 9.17) is 14.9 Å². The zero-order valence-electron chi connectivity index (χ0n) is 8.92. The number of furan rings is 1. The summed E-state index contributed by atoms with van der Waals surface area (Å²) in [7, 11) is 0. The number of rotatable bonds is 3. The van der Waals surface area contributed by atoms with Crippen molar-refractivity contribution in [2.45, 2.75) is 6.61 Å². The number of hydrogen-bond donors (Lipinski definition) is 1. The highest BCUT2D eigenvalue weighted by Gasteiger charge is 2.08. The van der Waals surface area contributed by atoms with E-state index in [1.54, 1.807) is 23.1 Å². The maximum Gasteiger partial charge on any atom is 0.146 e. The van der Waals surface area contributed by atoms with Gasteiger partial charge in [0.1, 0.15) is 29.3 Å². The molecule has 0 aliphatic carbocycles. The summed E-state index contributed by atoms with van der Waals surface area (Å²) in [5.41, 5.74) is 9.14. The van der Waals surface area contributed by atoms with E-state index in [-0.39, 0.29) is 0 Å². The van der Waals surface area contributed by atoms with Crippen LogP contribution in [0.25, 0.3) is 10.2 Å². The molecule has 0 saturated heterocycles. The van der Waals surface area contributed by atoms with E-state index in [9.17, 15) is 0 Å². The van der Waals surface area contributed by atoms with E-state index in [1.165, 1.54) is 0 Å². The molecule has 0 saturated carbocycles. The monoisotopic (exact) mass is 246 g/mol. The molecule has 17 heavy (non-hydrogen) atoms. The molecule has 0 unspecified atom stereocenters. The van der Waals surface area contributed by atoms with Crippen LogP contribution >= 0.6 is 11.3 Å². The summed E-state index contributed by atoms with van der Waals surface area (Å²) >= 11 is 1.56. The predicted molar refractivity (Wildman–Crippen MR) is 67.1 cm³/mol. The van der Waals surface area contributed by atoms with E-state index in [2.05, 4.69) is 4.98 Å². The van der Waals surface area contributed by atoms with Crippen molar-refractivity contribution in [1.82, 2.24) is 4.98 Å². The number of benzene rings is 1. The van der Waals surface area contributed by atoms with Crippen LogP contribution in [0.15, 0.2) is 40.5 Å². The summed E-state index contributed by atoms with van der Waals surface area (Å²) in [6.07, 6.45) is 1.62. The molecule has 3 aromatic rings. The summed E-state index contributed by atoms with van der Waals surface area (Å²) in [5.74, 6) is 1.41. The Morgan fingerprint density at radius 3 is 3.12 bits per heavy atom. The molecule has 0 spiro atoms. The van der Waals surface area contributed by atoms with E-state index >= 15 is 0 Å². The lowest BCUT2D eigenvalue weighted by Gasteiger charge is -2.07. The van der Waals surface area contributed by atoms with Crippen LogP contribution < -0.4 is 10.5 Å².